The van der Waals surface area contributed by atoms with Crippen molar-refractivity contribution < 1.29 is 0 Å². The Morgan fingerprint density at radius 3 is 2.40 bits per heavy atom. The summed E-state index contributed by atoms with van der Waals surface area (Å²) < 4.78 is 0.901. The molecule has 0 aliphatic heterocycles. The quantitative estimate of drug-likeness (QED) is 0.723. The van der Waals surface area contributed by atoms with Crippen molar-refractivity contribution >= 4 is 21.7 Å². The Morgan fingerprint density at radius 1 is 1.20 bits per heavy atom. The van der Waals surface area contributed by atoms with Crippen LogP contribution in [0.3, 0.4) is 0 Å². The van der Waals surface area contributed by atoms with Crippen LogP contribution >= 0.6 is 15.9 Å². The van der Waals surface area contributed by atoms with Crippen molar-refractivity contribution in [1.29, 1.82) is 0 Å². The second-order valence-electron chi connectivity index (χ2n) is 6.55. The third-order valence-electron chi connectivity index (χ3n) is 3.84. The molecule has 0 N–H and O–H groups in total. The van der Waals surface area contributed by atoms with E-state index in [9.17, 15) is 0 Å². The SMILES string of the molecule is CC(C)CN(c1cc(Br)nc(C(C)C)n1)C1CCCC1. The number of aromatic nitrogens is 2. The monoisotopic (exact) mass is 339 g/mol. The van der Waals surface area contributed by atoms with E-state index in [1.54, 1.807) is 0 Å². The predicted octanol–water partition coefficient (Wildman–Crippen LogP) is 4.77. The average Bonchev–Trinajstić information content (AvgIpc) is 2.88. The Morgan fingerprint density at radius 2 is 1.85 bits per heavy atom. The minimum atomic E-state index is 0.357. The summed E-state index contributed by atoms with van der Waals surface area (Å²) in [5, 5.41) is 0. The van der Waals surface area contributed by atoms with Crippen molar-refractivity contribution in [2.75, 3.05) is 11.4 Å². The summed E-state index contributed by atoms with van der Waals surface area (Å²) in [5.41, 5.74) is 0. The fourth-order valence-corrected chi connectivity index (χ4v) is 3.25. The van der Waals surface area contributed by atoms with Crippen LogP contribution in [0.5, 0.6) is 0 Å². The minimum absolute atomic E-state index is 0.357. The molecule has 1 saturated carbocycles. The van der Waals surface area contributed by atoms with E-state index in [2.05, 4.69) is 59.6 Å². The van der Waals surface area contributed by atoms with Crippen LogP contribution in [-0.2, 0) is 0 Å². The zero-order chi connectivity index (χ0) is 14.7. The lowest BCUT2D eigenvalue weighted by Crippen LogP contribution is -2.37. The second kappa shape index (κ2) is 6.88. The lowest BCUT2D eigenvalue weighted by atomic mass is 10.1. The van der Waals surface area contributed by atoms with Gasteiger partial charge in [-0.3, -0.25) is 0 Å². The number of hydrogen-bond donors (Lipinski definition) is 0. The van der Waals surface area contributed by atoms with Crippen molar-refractivity contribution in [2.24, 2.45) is 5.92 Å². The molecule has 0 aromatic carbocycles. The molecule has 1 aliphatic carbocycles. The van der Waals surface area contributed by atoms with Crippen LogP contribution in [0.1, 0.15) is 65.1 Å². The van der Waals surface area contributed by atoms with E-state index < -0.39 is 0 Å². The van der Waals surface area contributed by atoms with Gasteiger partial charge in [0.2, 0.25) is 0 Å². The summed E-state index contributed by atoms with van der Waals surface area (Å²) in [6, 6.07) is 2.73. The van der Waals surface area contributed by atoms with Gasteiger partial charge in [0, 0.05) is 24.6 Å². The maximum atomic E-state index is 4.82. The molecule has 1 heterocycles. The summed E-state index contributed by atoms with van der Waals surface area (Å²) in [6.07, 6.45) is 5.29. The number of hydrogen-bond acceptors (Lipinski definition) is 3. The molecule has 0 bridgehead atoms. The van der Waals surface area contributed by atoms with Crippen LogP contribution in [0, 0.1) is 5.92 Å². The summed E-state index contributed by atoms with van der Waals surface area (Å²) in [4.78, 5) is 11.8. The van der Waals surface area contributed by atoms with Crippen LogP contribution in [0.2, 0.25) is 0 Å². The summed E-state index contributed by atoms with van der Waals surface area (Å²) in [6.45, 7) is 9.93. The van der Waals surface area contributed by atoms with Crippen LogP contribution in [0.4, 0.5) is 5.82 Å². The van der Waals surface area contributed by atoms with E-state index in [1.807, 2.05) is 0 Å². The first kappa shape index (κ1) is 15.7. The van der Waals surface area contributed by atoms with Gasteiger partial charge in [0.1, 0.15) is 16.2 Å². The van der Waals surface area contributed by atoms with Crippen molar-refractivity contribution in [3.05, 3.63) is 16.5 Å². The number of nitrogens with zero attached hydrogens (tertiary/aromatic N) is 3. The molecular formula is C16H26BrN3. The molecular weight excluding hydrogens is 314 g/mol. The average molecular weight is 340 g/mol. The lowest BCUT2D eigenvalue weighted by molar-refractivity contribution is 0.529. The zero-order valence-electron chi connectivity index (χ0n) is 13.1. The van der Waals surface area contributed by atoms with Crippen LogP contribution < -0.4 is 4.90 Å². The van der Waals surface area contributed by atoms with Crippen LogP contribution in [0.25, 0.3) is 0 Å². The van der Waals surface area contributed by atoms with Crippen molar-refractivity contribution in [3.8, 4) is 0 Å². The molecule has 0 amide bonds. The van der Waals surface area contributed by atoms with Crippen molar-refractivity contribution in [1.82, 2.24) is 9.97 Å². The summed E-state index contributed by atoms with van der Waals surface area (Å²) >= 11 is 3.55. The molecule has 0 saturated heterocycles. The molecule has 112 valence electrons. The highest BCUT2D eigenvalue weighted by atomic mass is 79.9. The van der Waals surface area contributed by atoms with Crippen molar-refractivity contribution in [3.63, 3.8) is 0 Å². The van der Waals surface area contributed by atoms with Gasteiger partial charge in [-0.25, -0.2) is 9.97 Å². The Bertz CT molecular complexity index is 439. The van der Waals surface area contributed by atoms with Gasteiger partial charge in [0.15, 0.2) is 0 Å². The van der Waals surface area contributed by atoms with E-state index in [4.69, 9.17) is 4.98 Å². The third kappa shape index (κ3) is 3.94. The maximum Gasteiger partial charge on any atom is 0.134 e. The Labute approximate surface area is 131 Å². The van der Waals surface area contributed by atoms with E-state index in [0.29, 0.717) is 17.9 Å². The van der Waals surface area contributed by atoms with E-state index in [-0.39, 0.29) is 0 Å². The normalized spacial score (nSPS) is 16.4. The summed E-state index contributed by atoms with van der Waals surface area (Å²) in [5.74, 6) is 3.03. The van der Waals surface area contributed by atoms with Crippen LogP contribution in [0.15, 0.2) is 10.7 Å². The van der Waals surface area contributed by atoms with Crippen LogP contribution in [-0.4, -0.2) is 22.6 Å². The van der Waals surface area contributed by atoms with E-state index in [1.165, 1.54) is 25.7 Å². The largest absolute Gasteiger partial charge is 0.353 e. The highest BCUT2D eigenvalue weighted by Gasteiger charge is 2.25. The first-order valence-corrected chi connectivity index (χ1v) is 8.57. The molecule has 0 spiro atoms. The Balaban J connectivity index is 2.31. The number of anilines is 1. The zero-order valence-corrected chi connectivity index (χ0v) is 14.7. The molecule has 0 unspecified atom stereocenters. The topological polar surface area (TPSA) is 29.0 Å². The molecule has 1 aliphatic rings. The molecule has 1 aromatic rings. The molecule has 4 heteroatoms. The maximum absolute atomic E-state index is 4.82. The highest BCUT2D eigenvalue weighted by molar-refractivity contribution is 9.10. The first-order chi connectivity index (χ1) is 9.47. The van der Waals surface area contributed by atoms with Gasteiger partial charge in [0.25, 0.3) is 0 Å². The van der Waals surface area contributed by atoms with Gasteiger partial charge < -0.3 is 4.90 Å². The van der Waals surface area contributed by atoms with Gasteiger partial charge in [-0.1, -0.05) is 40.5 Å². The molecule has 0 atom stereocenters. The smallest absolute Gasteiger partial charge is 0.134 e. The molecule has 1 aromatic heterocycles. The summed E-state index contributed by atoms with van der Waals surface area (Å²) in [7, 11) is 0. The van der Waals surface area contributed by atoms with E-state index in [0.717, 1.165) is 22.8 Å². The van der Waals surface area contributed by atoms with Gasteiger partial charge in [-0.2, -0.15) is 0 Å². The molecule has 2 rings (SSSR count). The Kier molecular flexibility index (Phi) is 5.42. The highest BCUT2D eigenvalue weighted by Crippen LogP contribution is 2.29. The second-order valence-corrected chi connectivity index (χ2v) is 7.36. The molecule has 20 heavy (non-hydrogen) atoms. The standard InChI is InChI=1S/C16H26BrN3/c1-11(2)10-20(13-7-5-6-8-13)15-9-14(17)18-16(19-15)12(3)4/h9,11-13H,5-8,10H2,1-4H3. The fraction of sp³-hybridized carbons (Fsp3) is 0.750. The molecule has 3 nitrogen and oxygen atoms in total. The molecule has 0 radical (unpaired) electrons. The third-order valence-corrected chi connectivity index (χ3v) is 4.24. The van der Waals surface area contributed by atoms with Crippen molar-refractivity contribution in [2.45, 2.75) is 65.3 Å². The predicted molar refractivity (Wildman–Crippen MR) is 88.3 cm³/mol. The van der Waals surface area contributed by atoms with Gasteiger partial charge in [-0.15, -0.1) is 0 Å². The Hall–Kier alpha value is -0.640. The first-order valence-electron chi connectivity index (χ1n) is 7.78. The fourth-order valence-electron chi connectivity index (χ4n) is 2.87. The number of rotatable bonds is 5. The number of halogens is 1. The van der Waals surface area contributed by atoms with E-state index >= 15 is 0 Å². The lowest BCUT2D eigenvalue weighted by Gasteiger charge is -2.32. The van der Waals surface area contributed by atoms with Gasteiger partial charge in [0.05, 0.1) is 0 Å². The molecule has 1 fully saturated rings. The van der Waals surface area contributed by atoms with Gasteiger partial charge >= 0.3 is 0 Å². The minimum Gasteiger partial charge on any atom is -0.353 e. The van der Waals surface area contributed by atoms with Gasteiger partial charge in [-0.05, 0) is 34.7 Å².